The first kappa shape index (κ1) is 18.5. The molecule has 0 aliphatic carbocycles. The number of pyridine rings is 1. The summed E-state index contributed by atoms with van der Waals surface area (Å²) in [5.41, 5.74) is 1.37. The van der Waals surface area contributed by atoms with E-state index < -0.39 is 5.97 Å². The SMILES string of the molecule is CSc1ccc2cc(COC(=O)c3cc(=O)c4ccccc4o3)c(Cl)nc2c1. The molecule has 0 spiro atoms. The van der Waals surface area contributed by atoms with Gasteiger partial charge in [-0.2, -0.15) is 0 Å². The fraction of sp³-hybridized carbons (Fsp3) is 0.0952. The van der Waals surface area contributed by atoms with Crippen molar-refractivity contribution in [3.63, 3.8) is 0 Å². The lowest BCUT2D eigenvalue weighted by molar-refractivity contribution is 0.0436. The van der Waals surface area contributed by atoms with E-state index in [9.17, 15) is 9.59 Å². The number of aromatic nitrogens is 1. The van der Waals surface area contributed by atoms with Crippen molar-refractivity contribution in [3.05, 3.63) is 81.3 Å². The van der Waals surface area contributed by atoms with Gasteiger partial charge in [-0.25, -0.2) is 9.78 Å². The molecule has 7 heteroatoms. The van der Waals surface area contributed by atoms with Gasteiger partial charge in [0.05, 0.1) is 10.9 Å². The van der Waals surface area contributed by atoms with Crippen LogP contribution in [-0.4, -0.2) is 17.2 Å². The van der Waals surface area contributed by atoms with E-state index in [1.54, 1.807) is 36.0 Å². The van der Waals surface area contributed by atoms with E-state index in [2.05, 4.69) is 4.98 Å². The Morgan fingerprint density at radius 1 is 1.18 bits per heavy atom. The van der Waals surface area contributed by atoms with E-state index in [4.69, 9.17) is 20.8 Å². The molecule has 0 saturated carbocycles. The maximum atomic E-state index is 12.4. The highest BCUT2D eigenvalue weighted by Gasteiger charge is 2.15. The fourth-order valence-electron chi connectivity index (χ4n) is 2.81. The van der Waals surface area contributed by atoms with Crippen LogP contribution in [0.3, 0.4) is 0 Å². The monoisotopic (exact) mass is 411 g/mol. The highest BCUT2D eigenvalue weighted by molar-refractivity contribution is 7.98. The number of fused-ring (bicyclic) bond motifs is 2. The minimum Gasteiger partial charge on any atom is -0.455 e. The third-order valence-corrected chi connectivity index (χ3v) is 5.30. The first-order chi connectivity index (χ1) is 13.5. The molecule has 0 atom stereocenters. The van der Waals surface area contributed by atoms with E-state index in [0.717, 1.165) is 21.9 Å². The van der Waals surface area contributed by atoms with Crippen LogP contribution in [0.4, 0.5) is 0 Å². The van der Waals surface area contributed by atoms with Crippen molar-refractivity contribution in [1.29, 1.82) is 0 Å². The lowest BCUT2D eigenvalue weighted by Gasteiger charge is -2.08. The first-order valence-electron chi connectivity index (χ1n) is 8.38. The van der Waals surface area contributed by atoms with Gasteiger partial charge in [-0.05, 0) is 36.6 Å². The van der Waals surface area contributed by atoms with Crippen LogP contribution in [0.5, 0.6) is 0 Å². The summed E-state index contributed by atoms with van der Waals surface area (Å²) in [6.07, 6.45) is 1.99. The van der Waals surface area contributed by atoms with E-state index in [0.29, 0.717) is 16.5 Å². The number of carbonyl (C=O) groups excluding carboxylic acids is 1. The van der Waals surface area contributed by atoms with Crippen LogP contribution >= 0.6 is 23.4 Å². The minimum absolute atomic E-state index is 0.0819. The number of hydrogen-bond donors (Lipinski definition) is 0. The summed E-state index contributed by atoms with van der Waals surface area (Å²) in [6.45, 7) is -0.0819. The third-order valence-electron chi connectivity index (χ3n) is 4.25. The number of thioether (sulfide) groups is 1. The summed E-state index contributed by atoms with van der Waals surface area (Å²) < 4.78 is 10.8. The number of nitrogens with zero attached hydrogens (tertiary/aromatic N) is 1. The summed E-state index contributed by atoms with van der Waals surface area (Å²) in [7, 11) is 0. The molecule has 0 saturated heterocycles. The molecule has 2 aromatic carbocycles. The summed E-state index contributed by atoms with van der Waals surface area (Å²) in [6, 6.07) is 15.6. The maximum absolute atomic E-state index is 12.4. The molecule has 0 aliphatic heterocycles. The Hall–Kier alpha value is -2.83. The zero-order valence-electron chi connectivity index (χ0n) is 14.8. The van der Waals surface area contributed by atoms with Gasteiger partial charge < -0.3 is 9.15 Å². The van der Waals surface area contributed by atoms with Crippen LogP contribution in [0.15, 0.2) is 68.7 Å². The predicted octanol–water partition coefficient (Wildman–Crippen LogP) is 5.07. The number of hydrogen-bond acceptors (Lipinski definition) is 6. The van der Waals surface area contributed by atoms with Gasteiger partial charge >= 0.3 is 5.97 Å². The Morgan fingerprint density at radius 3 is 2.82 bits per heavy atom. The van der Waals surface area contributed by atoms with Crippen LogP contribution in [0.25, 0.3) is 21.9 Å². The Balaban J connectivity index is 1.58. The van der Waals surface area contributed by atoms with Gasteiger partial charge in [0.2, 0.25) is 5.76 Å². The van der Waals surface area contributed by atoms with Gasteiger partial charge in [-0.15, -0.1) is 11.8 Å². The molecule has 0 unspecified atom stereocenters. The Labute approximate surface area is 169 Å². The topological polar surface area (TPSA) is 69.4 Å². The molecule has 5 nitrogen and oxygen atoms in total. The van der Waals surface area contributed by atoms with Crippen LogP contribution in [0.1, 0.15) is 16.1 Å². The number of ether oxygens (including phenoxy) is 1. The molecule has 2 heterocycles. The van der Waals surface area contributed by atoms with Crippen molar-refractivity contribution in [2.45, 2.75) is 11.5 Å². The van der Waals surface area contributed by atoms with Gasteiger partial charge in [0, 0.05) is 21.9 Å². The molecule has 4 rings (SSSR count). The van der Waals surface area contributed by atoms with Gasteiger partial charge in [-0.3, -0.25) is 4.79 Å². The Morgan fingerprint density at radius 2 is 2.00 bits per heavy atom. The van der Waals surface area contributed by atoms with E-state index in [1.807, 2.05) is 30.5 Å². The van der Waals surface area contributed by atoms with Crippen molar-refractivity contribution >= 4 is 51.2 Å². The highest BCUT2D eigenvalue weighted by atomic mass is 35.5. The normalized spacial score (nSPS) is 11.1. The number of rotatable bonds is 4. The number of esters is 1. The molecule has 0 radical (unpaired) electrons. The molecule has 0 aliphatic rings. The molecule has 0 bridgehead atoms. The van der Waals surface area contributed by atoms with Gasteiger partial charge in [0.15, 0.2) is 5.43 Å². The average Bonchev–Trinajstić information content (AvgIpc) is 2.71. The third kappa shape index (κ3) is 3.61. The van der Waals surface area contributed by atoms with Gasteiger partial charge in [0.1, 0.15) is 17.3 Å². The first-order valence-corrected chi connectivity index (χ1v) is 9.98. The standard InChI is InChI=1S/C21H14ClNO4S/c1-28-14-7-6-12-8-13(20(22)23-16(12)9-14)11-26-21(25)19-10-17(24)15-4-2-3-5-18(15)27-19/h2-10H,11H2,1H3. The van der Waals surface area contributed by atoms with E-state index in [-0.39, 0.29) is 22.9 Å². The largest absolute Gasteiger partial charge is 0.455 e. The maximum Gasteiger partial charge on any atom is 0.374 e. The summed E-state index contributed by atoms with van der Waals surface area (Å²) >= 11 is 7.87. The fourth-order valence-corrected chi connectivity index (χ4v) is 3.45. The average molecular weight is 412 g/mol. The number of benzene rings is 2. The molecular weight excluding hydrogens is 398 g/mol. The lowest BCUT2D eigenvalue weighted by Crippen LogP contribution is -2.10. The second kappa shape index (κ2) is 7.66. The van der Waals surface area contributed by atoms with Gasteiger partial charge in [0.25, 0.3) is 0 Å². The zero-order chi connectivity index (χ0) is 19.7. The van der Waals surface area contributed by atoms with Crippen LogP contribution in [0.2, 0.25) is 5.15 Å². The van der Waals surface area contributed by atoms with Crippen molar-refractivity contribution in [1.82, 2.24) is 4.98 Å². The smallest absolute Gasteiger partial charge is 0.374 e. The second-order valence-corrected chi connectivity index (χ2v) is 7.28. The number of halogens is 1. The molecule has 0 fully saturated rings. The van der Waals surface area contributed by atoms with E-state index in [1.165, 1.54) is 0 Å². The molecule has 0 N–H and O–H groups in total. The summed E-state index contributed by atoms with van der Waals surface area (Å²) in [5.74, 6) is -0.894. The molecular formula is C21H14ClNO4S. The molecule has 28 heavy (non-hydrogen) atoms. The quantitative estimate of drug-likeness (QED) is 0.265. The van der Waals surface area contributed by atoms with Gasteiger partial charge in [-0.1, -0.05) is 29.8 Å². The Kier molecular flexibility index (Phi) is 5.07. The molecule has 0 amide bonds. The van der Waals surface area contributed by atoms with Crippen LogP contribution < -0.4 is 5.43 Å². The van der Waals surface area contributed by atoms with Crippen LogP contribution in [0, 0.1) is 0 Å². The number of carbonyl (C=O) groups is 1. The molecule has 140 valence electrons. The summed E-state index contributed by atoms with van der Waals surface area (Å²) in [4.78, 5) is 29.9. The molecule has 4 aromatic rings. The highest BCUT2D eigenvalue weighted by Crippen LogP contribution is 2.25. The summed E-state index contributed by atoms with van der Waals surface area (Å²) in [5, 5.41) is 1.56. The lowest BCUT2D eigenvalue weighted by atomic mass is 10.1. The van der Waals surface area contributed by atoms with Crippen molar-refractivity contribution < 1.29 is 13.9 Å². The number of para-hydroxylation sites is 1. The minimum atomic E-state index is -0.739. The van der Waals surface area contributed by atoms with Crippen LogP contribution in [-0.2, 0) is 11.3 Å². The van der Waals surface area contributed by atoms with Crippen molar-refractivity contribution in [2.75, 3.05) is 6.26 Å². The molecule has 2 aromatic heterocycles. The Bertz CT molecular complexity index is 1270. The zero-order valence-corrected chi connectivity index (χ0v) is 16.3. The van der Waals surface area contributed by atoms with Crippen molar-refractivity contribution in [3.8, 4) is 0 Å². The predicted molar refractivity (Wildman–Crippen MR) is 110 cm³/mol. The second-order valence-electron chi connectivity index (χ2n) is 6.04. The van der Waals surface area contributed by atoms with E-state index >= 15 is 0 Å². The van der Waals surface area contributed by atoms with Crippen molar-refractivity contribution in [2.24, 2.45) is 0 Å².